The molecule has 0 fully saturated rings. The summed E-state index contributed by atoms with van der Waals surface area (Å²) in [5.41, 5.74) is 1.91. The van der Waals surface area contributed by atoms with E-state index in [1.54, 1.807) is 6.08 Å². The zero-order valence-corrected chi connectivity index (χ0v) is 11.8. The fourth-order valence-electron chi connectivity index (χ4n) is 1.60. The first-order chi connectivity index (χ1) is 9.65. The molecule has 0 unspecified atom stereocenters. The molecule has 104 valence electrons. The van der Waals surface area contributed by atoms with E-state index in [-0.39, 0.29) is 5.91 Å². The Balaban J connectivity index is 1.81. The number of aryl methyl sites for hydroxylation is 1. The van der Waals surface area contributed by atoms with E-state index < -0.39 is 0 Å². The number of aromatic nitrogens is 3. The summed E-state index contributed by atoms with van der Waals surface area (Å²) in [4.78, 5) is 15.6. The second kappa shape index (κ2) is 6.86. The monoisotopic (exact) mass is 290 g/mol. The van der Waals surface area contributed by atoms with E-state index in [9.17, 15) is 4.79 Å². The maximum absolute atomic E-state index is 11.6. The molecule has 0 radical (unpaired) electrons. The summed E-state index contributed by atoms with van der Waals surface area (Å²) >= 11 is 6.02. The first kappa shape index (κ1) is 14.3. The average Bonchev–Trinajstić information content (AvgIpc) is 2.93. The second-order valence-electron chi connectivity index (χ2n) is 4.32. The minimum Gasteiger partial charge on any atom is -0.352 e. The summed E-state index contributed by atoms with van der Waals surface area (Å²) in [5.74, 6) is 0.598. The van der Waals surface area contributed by atoms with Crippen LogP contribution in [-0.2, 0) is 11.2 Å². The van der Waals surface area contributed by atoms with Gasteiger partial charge in [0.1, 0.15) is 12.2 Å². The Kier molecular flexibility index (Phi) is 4.90. The molecule has 0 saturated carbocycles. The van der Waals surface area contributed by atoms with Crippen LogP contribution in [0.1, 0.15) is 17.0 Å². The molecule has 0 saturated heterocycles. The van der Waals surface area contributed by atoms with Crippen LogP contribution in [0.25, 0.3) is 6.08 Å². The lowest BCUT2D eigenvalue weighted by Gasteiger charge is -2.01. The number of H-pyrrole nitrogens is 1. The highest BCUT2D eigenvalue weighted by Crippen LogP contribution is 2.17. The van der Waals surface area contributed by atoms with E-state index in [1.165, 1.54) is 12.4 Å². The Labute approximate surface area is 122 Å². The molecular weight excluding hydrogens is 276 g/mol. The molecule has 6 heteroatoms. The van der Waals surface area contributed by atoms with Crippen molar-refractivity contribution in [1.29, 1.82) is 0 Å². The number of benzene rings is 1. The smallest absolute Gasteiger partial charge is 0.244 e. The van der Waals surface area contributed by atoms with Crippen LogP contribution < -0.4 is 5.32 Å². The second-order valence-corrected chi connectivity index (χ2v) is 4.72. The van der Waals surface area contributed by atoms with Crippen molar-refractivity contribution in [3.8, 4) is 0 Å². The number of aromatic amines is 1. The van der Waals surface area contributed by atoms with Crippen molar-refractivity contribution in [3.05, 3.63) is 52.6 Å². The third-order valence-corrected chi connectivity index (χ3v) is 3.16. The van der Waals surface area contributed by atoms with Crippen LogP contribution in [-0.4, -0.2) is 27.6 Å². The van der Waals surface area contributed by atoms with Crippen molar-refractivity contribution in [1.82, 2.24) is 20.5 Å². The summed E-state index contributed by atoms with van der Waals surface area (Å²) in [6.07, 6.45) is 5.28. The highest BCUT2D eigenvalue weighted by atomic mass is 35.5. The van der Waals surface area contributed by atoms with Gasteiger partial charge >= 0.3 is 0 Å². The molecule has 1 heterocycles. The van der Waals surface area contributed by atoms with Crippen LogP contribution in [0.15, 0.2) is 30.6 Å². The topological polar surface area (TPSA) is 70.7 Å². The molecule has 0 spiro atoms. The first-order valence-corrected chi connectivity index (χ1v) is 6.59. The first-order valence-electron chi connectivity index (χ1n) is 6.21. The van der Waals surface area contributed by atoms with E-state index in [4.69, 9.17) is 11.6 Å². The highest BCUT2D eigenvalue weighted by Gasteiger charge is 1.99. The Morgan fingerprint density at radius 2 is 2.35 bits per heavy atom. The summed E-state index contributed by atoms with van der Waals surface area (Å²) < 4.78 is 0. The standard InChI is InChI=1S/C14H15ClN4O/c1-10-2-3-11(8-12(10)15)4-5-14(20)16-7-6-13-17-9-18-19-13/h2-5,8-9H,6-7H2,1H3,(H,16,20)(H,17,18,19). The molecule has 1 aromatic heterocycles. The molecule has 0 aliphatic carbocycles. The van der Waals surface area contributed by atoms with Crippen molar-refractivity contribution < 1.29 is 4.79 Å². The van der Waals surface area contributed by atoms with Crippen LogP contribution in [0.5, 0.6) is 0 Å². The molecule has 2 rings (SSSR count). The lowest BCUT2D eigenvalue weighted by atomic mass is 10.1. The van der Waals surface area contributed by atoms with Crippen molar-refractivity contribution in [2.45, 2.75) is 13.3 Å². The van der Waals surface area contributed by atoms with Crippen LogP contribution in [0.4, 0.5) is 0 Å². The van der Waals surface area contributed by atoms with Crippen LogP contribution in [0, 0.1) is 6.92 Å². The summed E-state index contributed by atoms with van der Waals surface area (Å²) in [6, 6.07) is 5.67. The molecule has 0 bridgehead atoms. The van der Waals surface area contributed by atoms with Gasteiger partial charge in [-0.25, -0.2) is 4.98 Å². The molecule has 2 aromatic rings. The molecule has 5 nitrogen and oxygen atoms in total. The number of halogens is 1. The molecule has 0 aliphatic rings. The Morgan fingerprint density at radius 1 is 1.50 bits per heavy atom. The Hall–Kier alpha value is -2.14. The highest BCUT2D eigenvalue weighted by molar-refractivity contribution is 6.31. The SMILES string of the molecule is Cc1ccc(C=CC(=O)NCCc2ncn[nH]2)cc1Cl. The number of nitrogens with one attached hydrogen (secondary N) is 2. The summed E-state index contributed by atoms with van der Waals surface area (Å²) in [5, 5.41) is 9.93. The van der Waals surface area contributed by atoms with E-state index in [0.29, 0.717) is 18.0 Å². The van der Waals surface area contributed by atoms with Gasteiger partial charge in [-0.15, -0.1) is 0 Å². The zero-order chi connectivity index (χ0) is 14.4. The molecule has 1 amide bonds. The fourth-order valence-corrected chi connectivity index (χ4v) is 1.79. The molecule has 1 aromatic carbocycles. The normalized spacial score (nSPS) is 10.9. The summed E-state index contributed by atoms with van der Waals surface area (Å²) in [7, 11) is 0. The minimum absolute atomic E-state index is 0.152. The van der Waals surface area contributed by atoms with Gasteiger partial charge in [-0.1, -0.05) is 23.7 Å². The number of nitrogens with zero attached hydrogens (tertiary/aromatic N) is 2. The fraction of sp³-hybridized carbons (Fsp3) is 0.214. The van der Waals surface area contributed by atoms with Gasteiger partial charge in [-0.2, -0.15) is 5.10 Å². The number of carbonyl (C=O) groups excluding carboxylic acids is 1. The van der Waals surface area contributed by atoms with Gasteiger partial charge in [0, 0.05) is 24.1 Å². The van der Waals surface area contributed by atoms with E-state index in [2.05, 4.69) is 20.5 Å². The third kappa shape index (κ3) is 4.20. The maximum Gasteiger partial charge on any atom is 0.244 e. The number of carbonyl (C=O) groups is 1. The number of rotatable bonds is 5. The van der Waals surface area contributed by atoms with Gasteiger partial charge in [0.2, 0.25) is 5.91 Å². The van der Waals surface area contributed by atoms with E-state index in [1.807, 2.05) is 25.1 Å². The van der Waals surface area contributed by atoms with Gasteiger partial charge in [0.15, 0.2) is 0 Å². The largest absolute Gasteiger partial charge is 0.352 e. The van der Waals surface area contributed by atoms with E-state index >= 15 is 0 Å². The van der Waals surface area contributed by atoms with Gasteiger partial charge in [-0.3, -0.25) is 9.89 Å². The van der Waals surface area contributed by atoms with Crippen molar-refractivity contribution in [3.63, 3.8) is 0 Å². The molecule has 20 heavy (non-hydrogen) atoms. The predicted molar refractivity (Wildman–Crippen MR) is 78.3 cm³/mol. The predicted octanol–water partition coefficient (Wildman–Crippen LogP) is 2.14. The number of amides is 1. The summed E-state index contributed by atoms with van der Waals surface area (Å²) in [6.45, 7) is 2.44. The van der Waals surface area contributed by atoms with Crippen LogP contribution >= 0.6 is 11.6 Å². The van der Waals surface area contributed by atoms with Crippen molar-refractivity contribution in [2.24, 2.45) is 0 Å². The van der Waals surface area contributed by atoms with Gasteiger partial charge in [0.25, 0.3) is 0 Å². The average molecular weight is 291 g/mol. The Morgan fingerprint density at radius 3 is 3.05 bits per heavy atom. The molecular formula is C14H15ClN4O. The Bertz CT molecular complexity index is 608. The third-order valence-electron chi connectivity index (χ3n) is 2.75. The van der Waals surface area contributed by atoms with Gasteiger partial charge in [0.05, 0.1) is 0 Å². The van der Waals surface area contributed by atoms with E-state index in [0.717, 1.165) is 17.0 Å². The molecule has 0 atom stereocenters. The van der Waals surface area contributed by atoms with Crippen molar-refractivity contribution >= 4 is 23.6 Å². The molecule has 2 N–H and O–H groups in total. The number of hydrogen-bond donors (Lipinski definition) is 2. The van der Waals surface area contributed by atoms with Gasteiger partial charge in [-0.05, 0) is 30.2 Å². The minimum atomic E-state index is -0.152. The maximum atomic E-state index is 11.6. The van der Waals surface area contributed by atoms with Crippen LogP contribution in [0.3, 0.4) is 0 Å². The zero-order valence-electron chi connectivity index (χ0n) is 11.1. The quantitative estimate of drug-likeness (QED) is 0.829. The van der Waals surface area contributed by atoms with Gasteiger partial charge < -0.3 is 5.32 Å². The lowest BCUT2D eigenvalue weighted by Crippen LogP contribution is -2.23. The number of hydrogen-bond acceptors (Lipinski definition) is 3. The van der Waals surface area contributed by atoms with Crippen LogP contribution in [0.2, 0.25) is 5.02 Å². The van der Waals surface area contributed by atoms with Crippen molar-refractivity contribution in [2.75, 3.05) is 6.54 Å². The lowest BCUT2D eigenvalue weighted by molar-refractivity contribution is -0.116. The molecule has 0 aliphatic heterocycles.